The summed E-state index contributed by atoms with van der Waals surface area (Å²) in [5, 5.41) is 5.82. The monoisotopic (exact) mass is 278 g/mol. The SMILES string of the molecule is CCN1CCCC(NCc2c(C)nc3sccn23)C1. The first-order valence-corrected chi connectivity index (χ1v) is 8.02. The molecule has 1 N–H and O–H groups in total. The number of nitrogens with zero attached hydrogens (tertiary/aromatic N) is 3. The van der Waals surface area contributed by atoms with Crippen LogP contribution in [0.3, 0.4) is 0 Å². The number of thiazole rings is 1. The van der Waals surface area contributed by atoms with E-state index < -0.39 is 0 Å². The Kier molecular flexibility index (Phi) is 3.86. The molecule has 0 aliphatic carbocycles. The van der Waals surface area contributed by atoms with Crippen LogP contribution in [0.4, 0.5) is 0 Å². The van der Waals surface area contributed by atoms with Crippen molar-refractivity contribution in [3.8, 4) is 0 Å². The zero-order valence-corrected chi connectivity index (χ0v) is 12.5. The number of imidazole rings is 1. The standard InChI is InChI=1S/C14H22N4S/c1-3-17-6-4-5-12(10-17)15-9-13-11(2)16-14-18(13)7-8-19-14/h7-8,12,15H,3-6,9-10H2,1-2H3. The van der Waals surface area contributed by atoms with Gasteiger partial charge in [0.15, 0.2) is 4.96 Å². The van der Waals surface area contributed by atoms with Crippen molar-refractivity contribution in [2.45, 2.75) is 39.3 Å². The van der Waals surface area contributed by atoms with Crippen LogP contribution in [0.15, 0.2) is 11.6 Å². The molecule has 1 aliphatic rings. The van der Waals surface area contributed by atoms with Gasteiger partial charge < -0.3 is 10.2 Å². The Labute approximate surface area is 118 Å². The fourth-order valence-corrected chi connectivity index (χ4v) is 3.68. The van der Waals surface area contributed by atoms with Crippen molar-refractivity contribution in [2.24, 2.45) is 0 Å². The second-order valence-corrected chi connectivity index (χ2v) is 6.19. The first kappa shape index (κ1) is 13.1. The quantitative estimate of drug-likeness (QED) is 0.931. The molecule has 0 radical (unpaired) electrons. The van der Waals surface area contributed by atoms with Crippen LogP contribution < -0.4 is 5.32 Å². The van der Waals surface area contributed by atoms with Gasteiger partial charge in [-0.15, -0.1) is 11.3 Å². The minimum atomic E-state index is 0.622. The van der Waals surface area contributed by atoms with E-state index in [2.05, 4.69) is 45.0 Å². The molecule has 1 unspecified atom stereocenters. The molecule has 5 heteroatoms. The lowest BCUT2D eigenvalue weighted by atomic mass is 10.1. The van der Waals surface area contributed by atoms with Gasteiger partial charge in [-0.3, -0.25) is 4.40 Å². The summed E-state index contributed by atoms with van der Waals surface area (Å²) >= 11 is 1.70. The summed E-state index contributed by atoms with van der Waals surface area (Å²) in [6.07, 6.45) is 4.72. The number of piperidine rings is 1. The summed E-state index contributed by atoms with van der Waals surface area (Å²) in [5.74, 6) is 0. The lowest BCUT2D eigenvalue weighted by molar-refractivity contribution is 0.198. The molecule has 0 saturated carbocycles. The van der Waals surface area contributed by atoms with Gasteiger partial charge in [-0.2, -0.15) is 0 Å². The van der Waals surface area contributed by atoms with Crippen LogP contribution in [0.2, 0.25) is 0 Å². The summed E-state index contributed by atoms with van der Waals surface area (Å²) < 4.78 is 2.22. The number of nitrogens with one attached hydrogen (secondary N) is 1. The number of hydrogen-bond donors (Lipinski definition) is 1. The first-order valence-electron chi connectivity index (χ1n) is 7.14. The topological polar surface area (TPSA) is 32.6 Å². The first-order chi connectivity index (χ1) is 9.28. The Balaban J connectivity index is 1.65. The van der Waals surface area contributed by atoms with Gasteiger partial charge in [0, 0.05) is 30.7 Å². The predicted molar refractivity (Wildman–Crippen MR) is 79.8 cm³/mol. The molecule has 19 heavy (non-hydrogen) atoms. The number of hydrogen-bond acceptors (Lipinski definition) is 4. The van der Waals surface area contributed by atoms with Gasteiger partial charge >= 0.3 is 0 Å². The molecule has 3 rings (SSSR count). The van der Waals surface area contributed by atoms with E-state index >= 15 is 0 Å². The minimum absolute atomic E-state index is 0.622. The third-order valence-corrected chi connectivity index (χ3v) is 4.83. The Morgan fingerprint density at radius 2 is 2.42 bits per heavy atom. The maximum atomic E-state index is 4.60. The van der Waals surface area contributed by atoms with E-state index in [1.807, 2.05) is 0 Å². The van der Waals surface area contributed by atoms with Crippen LogP contribution in [0.1, 0.15) is 31.2 Å². The maximum absolute atomic E-state index is 4.60. The summed E-state index contributed by atoms with van der Waals surface area (Å²) in [7, 11) is 0. The molecule has 1 aliphatic heterocycles. The Hall–Kier alpha value is -0.910. The smallest absolute Gasteiger partial charge is 0.194 e. The lowest BCUT2D eigenvalue weighted by Crippen LogP contribution is -2.45. The summed E-state index contributed by atoms with van der Waals surface area (Å²) in [6, 6.07) is 0.622. The molecular weight excluding hydrogens is 256 g/mol. The Morgan fingerprint density at radius 3 is 3.26 bits per heavy atom. The number of likely N-dealkylation sites (N-methyl/N-ethyl adjacent to an activating group) is 1. The van der Waals surface area contributed by atoms with Crippen molar-refractivity contribution in [1.29, 1.82) is 0 Å². The zero-order chi connectivity index (χ0) is 13.2. The number of fused-ring (bicyclic) bond motifs is 1. The summed E-state index contributed by atoms with van der Waals surface area (Å²) in [5.41, 5.74) is 2.47. The number of aromatic nitrogens is 2. The van der Waals surface area contributed by atoms with Gasteiger partial charge in [-0.1, -0.05) is 6.92 Å². The van der Waals surface area contributed by atoms with Gasteiger partial charge in [0.1, 0.15) is 0 Å². The summed E-state index contributed by atoms with van der Waals surface area (Å²) in [4.78, 5) is 8.24. The van der Waals surface area contributed by atoms with Crippen molar-refractivity contribution < 1.29 is 0 Å². The number of rotatable bonds is 4. The Bertz CT molecular complexity index is 545. The third-order valence-electron chi connectivity index (χ3n) is 4.07. The molecule has 0 spiro atoms. The average molecular weight is 278 g/mol. The van der Waals surface area contributed by atoms with Crippen LogP contribution >= 0.6 is 11.3 Å². The lowest BCUT2D eigenvalue weighted by Gasteiger charge is -2.32. The molecule has 1 fully saturated rings. The number of likely N-dealkylation sites (tertiary alicyclic amines) is 1. The second kappa shape index (κ2) is 5.61. The van der Waals surface area contributed by atoms with Gasteiger partial charge in [-0.25, -0.2) is 4.98 Å². The van der Waals surface area contributed by atoms with E-state index in [0.29, 0.717) is 6.04 Å². The van der Waals surface area contributed by atoms with Gasteiger partial charge in [0.2, 0.25) is 0 Å². The molecule has 1 saturated heterocycles. The largest absolute Gasteiger partial charge is 0.307 e. The highest BCUT2D eigenvalue weighted by Gasteiger charge is 2.19. The van der Waals surface area contributed by atoms with Crippen molar-refractivity contribution in [3.05, 3.63) is 23.0 Å². The second-order valence-electron chi connectivity index (χ2n) is 5.31. The van der Waals surface area contributed by atoms with Crippen LogP contribution in [-0.4, -0.2) is 40.0 Å². The van der Waals surface area contributed by atoms with Crippen molar-refractivity contribution >= 4 is 16.3 Å². The van der Waals surface area contributed by atoms with Gasteiger partial charge in [-0.05, 0) is 32.9 Å². The maximum Gasteiger partial charge on any atom is 0.194 e. The van der Waals surface area contributed by atoms with Crippen LogP contribution in [-0.2, 0) is 6.54 Å². The fraction of sp³-hybridized carbons (Fsp3) is 0.643. The molecular formula is C14H22N4S. The van der Waals surface area contributed by atoms with E-state index in [9.17, 15) is 0 Å². The molecule has 2 aromatic heterocycles. The van der Waals surface area contributed by atoms with Crippen molar-refractivity contribution in [3.63, 3.8) is 0 Å². The molecule has 0 aromatic carbocycles. The molecule has 0 bridgehead atoms. The Morgan fingerprint density at radius 1 is 1.53 bits per heavy atom. The molecule has 1 atom stereocenters. The van der Waals surface area contributed by atoms with Crippen molar-refractivity contribution in [1.82, 2.24) is 19.6 Å². The van der Waals surface area contributed by atoms with Crippen LogP contribution in [0.5, 0.6) is 0 Å². The molecule has 2 aromatic rings. The van der Waals surface area contributed by atoms with E-state index in [4.69, 9.17) is 0 Å². The van der Waals surface area contributed by atoms with Crippen LogP contribution in [0.25, 0.3) is 4.96 Å². The van der Waals surface area contributed by atoms with E-state index in [-0.39, 0.29) is 0 Å². The molecule has 3 heterocycles. The van der Waals surface area contributed by atoms with Crippen LogP contribution in [0, 0.1) is 6.92 Å². The fourth-order valence-electron chi connectivity index (χ4n) is 2.90. The highest BCUT2D eigenvalue weighted by molar-refractivity contribution is 7.15. The zero-order valence-electron chi connectivity index (χ0n) is 11.7. The van der Waals surface area contributed by atoms with Gasteiger partial charge in [0.05, 0.1) is 11.4 Å². The third kappa shape index (κ3) is 2.68. The highest BCUT2D eigenvalue weighted by Crippen LogP contribution is 2.17. The molecule has 4 nitrogen and oxygen atoms in total. The van der Waals surface area contributed by atoms with Gasteiger partial charge in [0.25, 0.3) is 0 Å². The van der Waals surface area contributed by atoms with E-state index in [0.717, 1.165) is 17.2 Å². The summed E-state index contributed by atoms with van der Waals surface area (Å²) in [6.45, 7) is 8.88. The average Bonchev–Trinajstić information content (AvgIpc) is 2.97. The van der Waals surface area contributed by atoms with E-state index in [1.165, 1.54) is 38.2 Å². The molecule has 104 valence electrons. The van der Waals surface area contributed by atoms with E-state index in [1.54, 1.807) is 11.3 Å². The molecule has 0 amide bonds. The predicted octanol–water partition coefficient (Wildman–Crippen LogP) is 2.28. The van der Waals surface area contributed by atoms with Crippen molar-refractivity contribution in [2.75, 3.05) is 19.6 Å². The number of aryl methyl sites for hydroxylation is 1. The minimum Gasteiger partial charge on any atom is -0.307 e. The highest BCUT2D eigenvalue weighted by atomic mass is 32.1. The normalized spacial score (nSPS) is 21.3.